The second kappa shape index (κ2) is 7.54. The summed E-state index contributed by atoms with van der Waals surface area (Å²) in [5, 5.41) is 0. The summed E-state index contributed by atoms with van der Waals surface area (Å²) < 4.78 is 0. The van der Waals surface area contributed by atoms with Crippen molar-refractivity contribution in [3.63, 3.8) is 0 Å². The minimum atomic E-state index is -0.659. The van der Waals surface area contributed by atoms with E-state index < -0.39 is 7.26 Å². The van der Waals surface area contributed by atoms with Gasteiger partial charge in [0.25, 0.3) is 0 Å². The van der Waals surface area contributed by atoms with Crippen LogP contribution >= 0.6 is 26.8 Å². The Morgan fingerprint density at radius 1 is 1.33 bits per heavy atom. The molecule has 0 atom stereocenters. The van der Waals surface area contributed by atoms with Crippen molar-refractivity contribution < 1.29 is 15.6 Å². The Balaban J connectivity index is 0. The molecule has 0 nitrogen and oxygen atoms in total. The van der Waals surface area contributed by atoms with E-state index in [0.717, 1.165) is 0 Å². The predicted octanol–water partition coefficient (Wildman–Crippen LogP) is 3.12. The summed E-state index contributed by atoms with van der Waals surface area (Å²) in [6.07, 6.45) is 1.88. The summed E-state index contributed by atoms with van der Waals surface area (Å²) in [5.74, 6) is 2.19. The zero-order chi connectivity index (χ0) is 7.91. The molecule has 0 amide bonds. The van der Waals surface area contributed by atoms with Crippen LogP contribution in [-0.2, 0) is 15.6 Å². The van der Waals surface area contributed by atoms with Gasteiger partial charge in [0.2, 0.25) is 0 Å². The van der Waals surface area contributed by atoms with E-state index in [2.05, 4.69) is 48.3 Å². The molecular formula is C6H13IPPd+. The maximum atomic E-state index is 3.62. The van der Waals surface area contributed by atoms with E-state index in [9.17, 15) is 0 Å². The third kappa shape index (κ3) is 17.7. The Bertz CT molecular complexity index is 75.6. The van der Waals surface area contributed by atoms with Gasteiger partial charge in [-0.15, -0.1) is 0 Å². The Hall–Kier alpha value is 1.43. The quantitative estimate of drug-likeness (QED) is 0.295. The van der Waals surface area contributed by atoms with E-state index in [4.69, 9.17) is 0 Å². The molecule has 0 saturated heterocycles. The second-order valence-corrected chi connectivity index (χ2v) is 7.03. The molecule has 0 heterocycles. The van der Waals surface area contributed by atoms with Crippen molar-refractivity contribution in [3.05, 3.63) is 18.8 Å². The predicted molar refractivity (Wildman–Crippen MR) is 53.2 cm³/mol. The summed E-state index contributed by atoms with van der Waals surface area (Å²) in [6.45, 7) is 10.4. The molecule has 0 fully saturated rings. The minimum absolute atomic E-state index is 0.659. The summed E-state index contributed by atoms with van der Waals surface area (Å²) in [5.41, 5.74) is 0. The molecular weight excluding hydrogens is 336 g/mol. The fraction of sp³-hybridized carbons (Fsp3) is 0.500. The first kappa shape index (κ1) is 13.1. The van der Waals surface area contributed by atoms with Gasteiger partial charge in [0.15, 0.2) is 0 Å². The Labute approximate surface area is 80.6 Å². The summed E-state index contributed by atoms with van der Waals surface area (Å²) in [6, 6.07) is 0. The third-order valence-electron chi connectivity index (χ3n) is 0.553. The Morgan fingerprint density at radius 2 is 1.67 bits per heavy atom. The SMILES string of the molecule is [CH2-]C=C[P+](C)(C)C.[Pd+][I]. The van der Waals surface area contributed by atoms with Crippen LogP contribution in [-0.4, -0.2) is 20.0 Å². The van der Waals surface area contributed by atoms with Gasteiger partial charge in [-0.25, -0.2) is 6.92 Å². The Morgan fingerprint density at radius 3 is 1.67 bits per heavy atom. The van der Waals surface area contributed by atoms with Crippen LogP contribution in [0.1, 0.15) is 0 Å². The van der Waals surface area contributed by atoms with Crippen molar-refractivity contribution in [2.75, 3.05) is 20.0 Å². The molecule has 0 aromatic carbocycles. The molecule has 58 valence electrons. The van der Waals surface area contributed by atoms with Crippen LogP contribution in [0, 0.1) is 6.92 Å². The Kier molecular flexibility index (Phi) is 10.9. The van der Waals surface area contributed by atoms with E-state index in [1.54, 1.807) is 0 Å². The molecule has 0 aromatic rings. The fourth-order valence-corrected chi connectivity index (χ4v) is 0.949. The van der Waals surface area contributed by atoms with Gasteiger partial charge in [-0.05, 0) is 7.26 Å². The molecule has 0 spiro atoms. The van der Waals surface area contributed by atoms with Gasteiger partial charge < -0.3 is 0 Å². The molecule has 0 aliphatic carbocycles. The van der Waals surface area contributed by atoms with E-state index in [1.807, 2.05) is 25.6 Å². The van der Waals surface area contributed by atoms with E-state index in [0.29, 0.717) is 0 Å². The van der Waals surface area contributed by atoms with Crippen LogP contribution in [0.2, 0.25) is 0 Å². The van der Waals surface area contributed by atoms with Gasteiger partial charge in [-0.2, -0.15) is 6.08 Å². The van der Waals surface area contributed by atoms with Crippen molar-refractivity contribution in [3.8, 4) is 0 Å². The van der Waals surface area contributed by atoms with Crippen LogP contribution < -0.4 is 0 Å². The molecule has 0 saturated carbocycles. The van der Waals surface area contributed by atoms with Crippen LogP contribution in [0.3, 0.4) is 0 Å². The van der Waals surface area contributed by atoms with E-state index >= 15 is 0 Å². The molecule has 0 radical (unpaired) electrons. The van der Waals surface area contributed by atoms with Gasteiger partial charge in [0.05, 0.1) is 0 Å². The van der Waals surface area contributed by atoms with Crippen molar-refractivity contribution in [2.24, 2.45) is 0 Å². The summed E-state index contributed by atoms with van der Waals surface area (Å²) in [7, 11) is -0.659. The molecule has 0 N–H and O–H groups in total. The van der Waals surface area contributed by atoms with Crippen LogP contribution in [0.25, 0.3) is 0 Å². The van der Waals surface area contributed by atoms with E-state index in [1.165, 1.54) is 0 Å². The first-order valence-corrected chi connectivity index (χ1v) is 10.3. The molecule has 0 bridgehead atoms. The molecule has 0 unspecified atom stereocenters. The van der Waals surface area contributed by atoms with E-state index in [-0.39, 0.29) is 0 Å². The van der Waals surface area contributed by atoms with Crippen LogP contribution in [0.15, 0.2) is 11.9 Å². The van der Waals surface area contributed by atoms with Crippen LogP contribution in [0.4, 0.5) is 0 Å². The van der Waals surface area contributed by atoms with Gasteiger partial charge in [-0.1, -0.05) is 5.82 Å². The van der Waals surface area contributed by atoms with Crippen molar-refractivity contribution >= 4 is 26.8 Å². The second-order valence-electron chi connectivity index (χ2n) is 2.50. The number of rotatable bonds is 1. The van der Waals surface area contributed by atoms with Crippen molar-refractivity contribution in [1.82, 2.24) is 0 Å². The average molecular weight is 349 g/mol. The van der Waals surface area contributed by atoms with Gasteiger partial charge >= 0.3 is 35.1 Å². The van der Waals surface area contributed by atoms with Crippen molar-refractivity contribution in [1.29, 1.82) is 0 Å². The molecule has 3 heteroatoms. The topological polar surface area (TPSA) is 0 Å². The van der Waals surface area contributed by atoms with Crippen LogP contribution in [0.5, 0.6) is 0 Å². The fourth-order valence-electron chi connectivity index (χ4n) is 0.316. The first-order valence-electron chi connectivity index (χ1n) is 2.46. The number of allylic oxidation sites excluding steroid dienone is 1. The normalized spacial score (nSPS) is 10.9. The number of hydrogen-bond acceptors (Lipinski definition) is 0. The number of hydrogen-bond donors (Lipinski definition) is 0. The molecule has 0 aliphatic heterocycles. The van der Waals surface area contributed by atoms with Gasteiger partial charge in [0.1, 0.15) is 0 Å². The maximum absolute atomic E-state index is 3.62. The summed E-state index contributed by atoms with van der Waals surface area (Å²) >= 11 is 4.72. The first-order chi connectivity index (χ1) is 4.06. The number of halogens is 1. The van der Waals surface area contributed by atoms with Crippen molar-refractivity contribution in [2.45, 2.75) is 0 Å². The zero-order valence-corrected chi connectivity index (χ0v) is 10.6. The average Bonchev–Trinajstić information content (AvgIpc) is 1.69. The molecule has 9 heavy (non-hydrogen) atoms. The summed E-state index contributed by atoms with van der Waals surface area (Å²) in [4.78, 5) is 0. The van der Waals surface area contributed by atoms with Gasteiger partial charge in [0, 0.05) is 20.0 Å². The standard InChI is InChI=1S/C6H13P.HI.Pd/c1-5-6-7(2,3)4;;/h5-6H,1H2,2-4H3;1H;/q;;+2/p-1. The van der Waals surface area contributed by atoms with Gasteiger partial charge in [-0.3, -0.25) is 0 Å². The zero-order valence-electron chi connectivity index (χ0n) is 6.00. The monoisotopic (exact) mass is 349 g/mol. The third-order valence-corrected chi connectivity index (χ3v) is 1.66. The molecule has 0 aromatic heterocycles. The molecule has 0 aliphatic rings. The molecule has 0 rings (SSSR count).